The Labute approximate surface area is 506 Å². The molecule has 2 aliphatic rings. The van der Waals surface area contributed by atoms with Crippen molar-refractivity contribution in [1.29, 1.82) is 0 Å². The van der Waals surface area contributed by atoms with Gasteiger partial charge in [-0.3, -0.25) is 14.4 Å². The van der Waals surface area contributed by atoms with Gasteiger partial charge in [-0.2, -0.15) is 11.8 Å². The lowest BCUT2D eigenvalue weighted by atomic mass is 10.0. The minimum Gasteiger partial charge on any atom is -0.496 e. The zero-order valence-corrected chi connectivity index (χ0v) is 51.1. The fraction of sp³-hybridized carbons (Fsp3) is 0.729. The van der Waals surface area contributed by atoms with Gasteiger partial charge in [0.25, 0.3) is 5.91 Å². The number of hydrogen-bond donors (Lipinski definition) is 5. The molecule has 0 spiro atoms. The summed E-state index contributed by atoms with van der Waals surface area (Å²) in [5, 5.41) is 15.0. The smallest absolute Gasteiger partial charge is 0.315 e. The van der Waals surface area contributed by atoms with E-state index in [4.69, 9.17) is 77.9 Å². The Morgan fingerprint density at radius 3 is 1.49 bits per heavy atom. The van der Waals surface area contributed by atoms with Crippen molar-refractivity contribution in [2.45, 2.75) is 75.2 Å². The van der Waals surface area contributed by atoms with Crippen LogP contribution in [0, 0.1) is 0 Å². The summed E-state index contributed by atoms with van der Waals surface area (Å²) in [6, 6.07) is 13.7. The van der Waals surface area contributed by atoms with E-state index in [1.54, 1.807) is 19.2 Å². The fourth-order valence-electron chi connectivity index (χ4n) is 8.42. The summed E-state index contributed by atoms with van der Waals surface area (Å²) in [6.45, 7) is 12.8. The van der Waals surface area contributed by atoms with Crippen LogP contribution >= 0.6 is 23.4 Å². The predicted molar refractivity (Wildman–Crippen MR) is 319 cm³/mol. The van der Waals surface area contributed by atoms with Crippen molar-refractivity contribution in [3.8, 4) is 5.75 Å². The van der Waals surface area contributed by atoms with Crippen LogP contribution in [-0.2, 0) is 90.6 Å². The topological polar surface area (TPSA) is 258 Å². The third kappa shape index (κ3) is 36.2. The predicted octanol–water partition coefficient (Wildman–Crippen LogP) is 3.90. The van der Waals surface area contributed by atoms with Crippen molar-refractivity contribution in [2.75, 3.05) is 204 Å². The molecule has 2 aromatic carbocycles. The van der Waals surface area contributed by atoms with Crippen molar-refractivity contribution in [3.05, 3.63) is 64.7 Å². The van der Waals surface area contributed by atoms with Gasteiger partial charge in [-0.25, -0.2) is 4.79 Å². The average molecular weight is 1230 g/mol. The molecule has 478 valence electrons. The molecule has 2 fully saturated rings. The number of hydrogen-bond acceptors (Lipinski definition) is 19. The molecular weight excluding hydrogens is 1130 g/mol. The van der Waals surface area contributed by atoms with E-state index in [1.807, 2.05) is 23.9 Å². The first-order valence-electron chi connectivity index (χ1n) is 29.7. The third-order valence-corrected chi connectivity index (χ3v) is 14.7. The Kier molecular flexibility index (Phi) is 43.2. The SMILES string of the molecule is COc1cc(CCCCl)ccc1CCOCCNC(=O)c1ccc(CNC(=O)CCOCCOCCOCCOCCOCCOCCOCCOCCOCCOCCOCCOCCNC(=O)CCCC[C@@H]2SC[C@@H]3NC(=O)N[C@@H]32)cc1. The Morgan fingerprint density at radius 2 is 0.976 bits per heavy atom. The lowest BCUT2D eigenvalue weighted by Crippen LogP contribution is -2.36. The molecule has 0 radical (unpaired) electrons. The molecule has 2 aromatic rings. The van der Waals surface area contributed by atoms with Crippen molar-refractivity contribution in [2.24, 2.45) is 0 Å². The van der Waals surface area contributed by atoms with Crippen LogP contribution < -0.4 is 31.3 Å². The number of nitrogens with one attached hydrogen (secondary N) is 5. The molecule has 23 nitrogen and oxygen atoms in total. The molecule has 2 heterocycles. The van der Waals surface area contributed by atoms with E-state index in [1.165, 1.54) is 5.56 Å². The Bertz CT molecular complexity index is 2010. The second-order valence-electron chi connectivity index (χ2n) is 19.3. The van der Waals surface area contributed by atoms with Crippen LogP contribution in [0.15, 0.2) is 42.5 Å². The first-order chi connectivity index (χ1) is 41.4. The average Bonchev–Trinajstić information content (AvgIpc) is 4.31. The van der Waals surface area contributed by atoms with Crippen LogP contribution in [0.4, 0.5) is 4.79 Å². The fourth-order valence-corrected chi connectivity index (χ4v) is 10.1. The molecule has 4 rings (SSSR count). The number of ether oxygens (including phenoxy) is 14. The number of rotatable bonds is 57. The number of carbonyl (C=O) groups is 4. The maximum absolute atomic E-state index is 12.6. The van der Waals surface area contributed by atoms with Crippen LogP contribution in [0.5, 0.6) is 5.75 Å². The number of aryl methyl sites for hydroxylation is 1. The van der Waals surface area contributed by atoms with Crippen molar-refractivity contribution in [3.63, 3.8) is 0 Å². The Morgan fingerprint density at radius 1 is 0.512 bits per heavy atom. The minimum atomic E-state index is -0.188. The number of benzene rings is 2. The second-order valence-corrected chi connectivity index (χ2v) is 21.0. The monoisotopic (exact) mass is 1230 g/mol. The molecule has 0 unspecified atom stereocenters. The van der Waals surface area contributed by atoms with Crippen LogP contribution in [0.25, 0.3) is 0 Å². The highest BCUT2D eigenvalue weighted by Gasteiger charge is 2.42. The van der Waals surface area contributed by atoms with E-state index in [0.29, 0.717) is 214 Å². The van der Waals surface area contributed by atoms with E-state index in [9.17, 15) is 19.2 Å². The van der Waals surface area contributed by atoms with Crippen LogP contribution in [0.3, 0.4) is 0 Å². The standard InChI is InChI=1S/C59H96ClN5O18S/c1-70-53-45-48(5-4-16-60)8-11-50(53)14-19-71-22-18-62-58(68)51-12-9-49(10-13-51)46-63-56(67)15-20-72-23-25-74-27-29-76-31-33-78-35-37-80-39-41-82-43-44-83-42-40-81-38-36-79-34-32-77-30-28-75-26-24-73-21-17-61-55(66)7-3-2-6-54-57-52(47-84-54)64-59(69)65-57/h8-13,45,52,54,57H,2-7,14-44,46-47H2,1H3,(H,61,66)(H,62,68)(H,63,67)(H2,64,65,69)/t52-,54-,57-/m0/s1. The van der Waals surface area contributed by atoms with Crippen LogP contribution in [0.2, 0.25) is 0 Å². The van der Waals surface area contributed by atoms with Gasteiger partial charge in [-0.15, -0.1) is 11.6 Å². The number of thioether (sulfide) groups is 1. The van der Waals surface area contributed by atoms with Gasteiger partial charge in [0.15, 0.2) is 0 Å². The number of fused-ring (bicyclic) bond motifs is 1. The highest BCUT2D eigenvalue weighted by molar-refractivity contribution is 8.00. The molecular formula is C59H96ClN5O18S. The van der Waals surface area contributed by atoms with E-state index in [0.717, 1.165) is 54.7 Å². The maximum atomic E-state index is 12.6. The van der Waals surface area contributed by atoms with Crippen molar-refractivity contribution in [1.82, 2.24) is 26.6 Å². The van der Waals surface area contributed by atoms with E-state index < -0.39 is 0 Å². The Balaban J connectivity index is 0.759. The summed E-state index contributed by atoms with van der Waals surface area (Å²) in [5.74, 6) is 2.15. The number of urea groups is 1. The minimum absolute atomic E-state index is 0.0353. The highest BCUT2D eigenvalue weighted by atomic mass is 35.5. The van der Waals surface area contributed by atoms with Crippen LogP contribution in [0.1, 0.15) is 65.6 Å². The lowest BCUT2D eigenvalue weighted by Gasteiger charge is -2.16. The van der Waals surface area contributed by atoms with Gasteiger partial charge in [0.05, 0.1) is 191 Å². The summed E-state index contributed by atoms with van der Waals surface area (Å²) in [5.41, 5.74) is 3.69. The molecule has 2 saturated heterocycles. The lowest BCUT2D eigenvalue weighted by molar-refractivity contribution is -0.123. The van der Waals surface area contributed by atoms with Crippen molar-refractivity contribution < 1.29 is 85.5 Å². The quantitative estimate of drug-likeness (QED) is 0.0358. The first-order valence-corrected chi connectivity index (χ1v) is 31.3. The molecule has 5 N–H and O–H groups in total. The summed E-state index contributed by atoms with van der Waals surface area (Å²) in [6.07, 6.45) is 6.07. The normalized spacial score (nSPS) is 15.5. The third-order valence-electron chi connectivity index (χ3n) is 12.9. The summed E-state index contributed by atoms with van der Waals surface area (Å²) >= 11 is 7.72. The van der Waals surface area contributed by atoms with Crippen LogP contribution in [-0.4, -0.2) is 245 Å². The van der Waals surface area contributed by atoms with Gasteiger partial charge in [0.2, 0.25) is 11.8 Å². The second kappa shape index (κ2) is 50.1. The molecule has 0 bridgehead atoms. The summed E-state index contributed by atoms with van der Waals surface area (Å²) in [7, 11) is 1.67. The highest BCUT2D eigenvalue weighted by Crippen LogP contribution is 2.33. The molecule has 5 amide bonds. The number of carbonyl (C=O) groups excluding carboxylic acids is 4. The van der Waals surface area contributed by atoms with Crippen molar-refractivity contribution >= 4 is 47.1 Å². The number of unbranched alkanes of at least 4 members (excludes halogenated alkanes) is 1. The van der Waals surface area contributed by atoms with E-state index in [-0.39, 0.29) is 48.9 Å². The summed E-state index contributed by atoms with van der Waals surface area (Å²) < 4.78 is 77.6. The number of halogens is 1. The molecule has 84 heavy (non-hydrogen) atoms. The van der Waals surface area contributed by atoms with Gasteiger partial charge < -0.3 is 92.9 Å². The van der Waals surface area contributed by atoms with Gasteiger partial charge in [-0.1, -0.05) is 30.7 Å². The van der Waals surface area contributed by atoms with Gasteiger partial charge >= 0.3 is 6.03 Å². The molecule has 3 atom stereocenters. The van der Waals surface area contributed by atoms with E-state index >= 15 is 0 Å². The summed E-state index contributed by atoms with van der Waals surface area (Å²) in [4.78, 5) is 48.5. The molecule has 25 heteroatoms. The molecule has 0 aromatic heterocycles. The van der Waals surface area contributed by atoms with Gasteiger partial charge in [-0.05, 0) is 67.0 Å². The number of alkyl halides is 1. The van der Waals surface area contributed by atoms with Gasteiger partial charge in [0.1, 0.15) is 5.75 Å². The Hall–Kier alpha value is -3.96. The largest absolute Gasteiger partial charge is 0.496 e. The zero-order valence-electron chi connectivity index (χ0n) is 49.5. The first kappa shape index (κ1) is 72.5. The van der Waals surface area contributed by atoms with E-state index in [2.05, 4.69) is 44.8 Å². The number of amides is 5. The molecule has 2 aliphatic heterocycles. The maximum Gasteiger partial charge on any atom is 0.315 e. The number of methoxy groups -OCH3 is 1. The molecule has 0 aliphatic carbocycles. The van der Waals surface area contributed by atoms with Gasteiger partial charge in [0, 0.05) is 54.9 Å². The molecule has 0 saturated carbocycles. The zero-order chi connectivity index (χ0) is 59.6.